The number of ether oxygens (including phenoxy) is 1. The van der Waals surface area contributed by atoms with Crippen molar-refractivity contribution in [1.29, 1.82) is 0 Å². The summed E-state index contributed by atoms with van der Waals surface area (Å²) in [5.74, 6) is 1.03. The maximum atomic E-state index is 11.5. The fraction of sp³-hybridized carbons (Fsp3) is 0.889. The highest BCUT2D eigenvalue weighted by molar-refractivity contribution is 6.18. The Morgan fingerprint density at radius 1 is 1.69 bits per heavy atom. The zero-order valence-corrected chi connectivity index (χ0v) is 8.64. The van der Waals surface area contributed by atoms with Crippen molar-refractivity contribution in [2.24, 2.45) is 11.8 Å². The first-order chi connectivity index (χ1) is 6.25. The topological polar surface area (TPSA) is 38.3 Å². The summed E-state index contributed by atoms with van der Waals surface area (Å²) in [5.41, 5.74) is 0. The molecule has 2 atom stereocenters. The van der Waals surface area contributed by atoms with E-state index in [-0.39, 0.29) is 11.8 Å². The SMILES string of the molecule is CC1COCCC1C(=O)NCCCl. The molecule has 1 aliphatic heterocycles. The number of carbonyl (C=O) groups is 1. The third-order valence-electron chi connectivity index (χ3n) is 2.37. The summed E-state index contributed by atoms with van der Waals surface area (Å²) in [6.45, 7) is 4.00. The monoisotopic (exact) mass is 205 g/mol. The second-order valence-electron chi connectivity index (χ2n) is 3.43. The summed E-state index contributed by atoms with van der Waals surface area (Å²) < 4.78 is 5.26. The van der Waals surface area contributed by atoms with E-state index in [0.29, 0.717) is 31.6 Å². The van der Waals surface area contributed by atoms with E-state index in [0.717, 1.165) is 6.42 Å². The van der Waals surface area contributed by atoms with Gasteiger partial charge >= 0.3 is 0 Å². The number of halogens is 1. The van der Waals surface area contributed by atoms with E-state index in [1.54, 1.807) is 0 Å². The zero-order valence-electron chi connectivity index (χ0n) is 7.88. The van der Waals surface area contributed by atoms with Crippen molar-refractivity contribution in [3.63, 3.8) is 0 Å². The van der Waals surface area contributed by atoms with Gasteiger partial charge in [0.25, 0.3) is 0 Å². The molecule has 0 aromatic heterocycles. The van der Waals surface area contributed by atoms with Crippen LogP contribution in [-0.4, -0.2) is 31.5 Å². The molecule has 13 heavy (non-hydrogen) atoms. The molecule has 4 heteroatoms. The van der Waals surface area contributed by atoms with Gasteiger partial charge in [0.2, 0.25) is 5.91 Å². The average molecular weight is 206 g/mol. The van der Waals surface area contributed by atoms with Gasteiger partial charge in [-0.15, -0.1) is 11.6 Å². The Kier molecular flexibility index (Phi) is 4.53. The van der Waals surface area contributed by atoms with Crippen LogP contribution < -0.4 is 5.32 Å². The van der Waals surface area contributed by atoms with E-state index in [1.165, 1.54) is 0 Å². The minimum atomic E-state index is 0.108. The van der Waals surface area contributed by atoms with Gasteiger partial charge in [-0.25, -0.2) is 0 Å². The predicted molar refractivity (Wildman–Crippen MR) is 51.8 cm³/mol. The third kappa shape index (κ3) is 3.16. The first kappa shape index (κ1) is 10.8. The van der Waals surface area contributed by atoms with Gasteiger partial charge in [0.15, 0.2) is 0 Å². The van der Waals surface area contributed by atoms with Crippen LogP contribution in [0.25, 0.3) is 0 Å². The van der Waals surface area contributed by atoms with Crippen molar-refractivity contribution in [3.8, 4) is 0 Å². The highest BCUT2D eigenvalue weighted by atomic mass is 35.5. The molecule has 76 valence electrons. The molecule has 0 aromatic rings. The molecule has 1 N–H and O–H groups in total. The quantitative estimate of drug-likeness (QED) is 0.699. The normalized spacial score (nSPS) is 28.5. The van der Waals surface area contributed by atoms with E-state index >= 15 is 0 Å². The lowest BCUT2D eigenvalue weighted by atomic mass is 9.89. The van der Waals surface area contributed by atoms with Crippen molar-refractivity contribution in [1.82, 2.24) is 5.32 Å². The van der Waals surface area contributed by atoms with Crippen LogP contribution in [0.5, 0.6) is 0 Å². The summed E-state index contributed by atoms with van der Waals surface area (Å²) in [6.07, 6.45) is 0.829. The molecule has 0 bridgehead atoms. The van der Waals surface area contributed by atoms with Gasteiger partial charge in [0.1, 0.15) is 0 Å². The lowest BCUT2D eigenvalue weighted by molar-refractivity contribution is -0.130. The summed E-state index contributed by atoms with van der Waals surface area (Å²) in [4.78, 5) is 11.5. The van der Waals surface area contributed by atoms with Crippen LogP contribution in [0.1, 0.15) is 13.3 Å². The fourth-order valence-corrected chi connectivity index (χ4v) is 1.67. The van der Waals surface area contributed by atoms with Crippen LogP contribution in [0.2, 0.25) is 0 Å². The van der Waals surface area contributed by atoms with Crippen LogP contribution in [0.4, 0.5) is 0 Å². The van der Waals surface area contributed by atoms with Gasteiger partial charge in [-0.3, -0.25) is 4.79 Å². The zero-order chi connectivity index (χ0) is 9.68. The predicted octanol–water partition coefficient (Wildman–Crippen LogP) is 1.01. The Balaban J connectivity index is 2.35. The van der Waals surface area contributed by atoms with Crippen molar-refractivity contribution in [2.45, 2.75) is 13.3 Å². The van der Waals surface area contributed by atoms with Crippen LogP contribution >= 0.6 is 11.6 Å². The minimum absolute atomic E-state index is 0.108. The molecule has 0 aromatic carbocycles. The molecular formula is C9H16ClNO2. The number of hydrogen-bond donors (Lipinski definition) is 1. The lowest BCUT2D eigenvalue weighted by Gasteiger charge is -2.27. The Bertz CT molecular complexity index is 175. The summed E-state index contributed by atoms with van der Waals surface area (Å²) in [7, 11) is 0. The Morgan fingerprint density at radius 3 is 3.08 bits per heavy atom. The van der Waals surface area contributed by atoms with Crippen LogP contribution in [0.15, 0.2) is 0 Å². The van der Waals surface area contributed by atoms with Crippen molar-refractivity contribution in [2.75, 3.05) is 25.6 Å². The van der Waals surface area contributed by atoms with E-state index < -0.39 is 0 Å². The molecule has 1 fully saturated rings. The minimum Gasteiger partial charge on any atom is -0.381 e. The standard InChI is InChI=1S/C9H16ClNO2/c1-7-6-13-5-2-8(7)9(12)11-4-3-10/h7-8H,2-6H2,1H3,(H,11,12). The highest BCUT2D eigenvalue weighted by Crippen LogP contribution is 2.21. The van der Waals surface area contributed by atoms with Gasteiger partial charge in [0.05, 0.1) is 0 Å². The van der Waals surface area contributed by atoms with Crippen LogP contribution in [0, 0.1) is 11.8 Å². The molecular weight excluding hydrogens is 190 g/mol. The molecule has 1 heterocycles. The molecule has 2 unspecified atom stereocenters. The van der Waals surface area contributed by atoms with Crippen molar-refractivity contribution < 1.29 is 9.53 Å². The van der Waals surface area contributed by atoms with Crippen molar-refractivity contribution >= 4 is 17.5 Å². The highest BCUT2D eigenvalue weighted by Gasteiger charge is 2.27. The number of alkyl halides is 1. The molecule has 3 nitrogen and oxygen atoms in total. The molecule has 1 aliphatic rings. The second-order valence-corrected chi connectivity index (χ2v) is 3.81. The first-order valence-electron chi connectivity index (χ1n) is 4.67. The van der Waals surface area contributed by atoms with Gasteiger partial charge in [-0.05, 0) is 12.3 Å². The Morgan fingerprint density at radius 2 is 2.46 bits per heavy atom. The van der Waals surface area contributed by atoms with Crippen LogP contribution in [-0.2, 0) is 9.53 Å². The molecule has 0 radical (unpaired) electrons. The van der Waals surface area contributed by atoms with Crippen LogP contribution in [0.3, 0.4) is 0 Å². The molecule has 0 aliphatic carbocycles. The average Bonchev–Trinajstić information content (AvgIpc) is 2.15. The number of nitrogens with one attached hydrogen (secondary N) is 1. The first-order valence-corrected chi connectivity index (χ1v) is 5.20. The summed E-state index contributed by atoms with van der Waals surface area (Å²) in [5, 5.41) is 2.81. The van der Waals surface area contributed by atoms with E-state index in [2.05, 4.69) is 5.32 Å². The van der Waals surface area contributed by atoms with E-state index in [4.69, 9.17) is 16.3 Å². The largest absolute Gasteiger partial charge is 0.381 e. The Hall–Kier alpha value is -0.280. The number of hydrogen-bond acceptors (Lipinski definition) is 2. The van der Waals surface area contributed by atoms with Gasteiger partial charge in [-0.1, -0.05) is 6.92 Å². The van der Waals surface area contributed by atoms with E-state index in [1.807, 2.05) is 6.92 Å². The second kappa shape index (κ2) is 5.45. The molecule has 1 amide bonds. The lowest BCUT2D eigenvalue weighted by Crippen LogP contribution is -2.39. The van der Waals surface area contributed by atoms with Crippen molar-refractivity contribution in [3.05, 3.63) is 0 Å². The third-order valence-corrected chi connectivity index (χ3v) is 2.56. The fourth-order valence-electron chi connectivity index (χ4n) is 1.57. The Labute approximate surface area is 83.8 Å². The number of rotatable bonds is 3. The van der Waals surface area contributed by atoms with Gasteiger partial charge in [-0.2, -0.15) is 0 Å². The van der Waals surface area contributed by atoms with Gasteiger partial charge < -0.3 is 10.1 Å². The summed E-state index contributed by atoms with van der Waals surface area (Å²) in [6, 6.07) is 0. The number of carbonyl (C=O) groups excluding carboxylic acids is 1. The summed E-state index contributed by atoms with van der Waals surface area (Å²) >= 11 is 5.48. The maximum Gasteiger partial charge on any atom is 0.223 e. The van der Waals surface area contributed by atoms with Gasteiger partial charge in [0, 0.05) is 31.6 Å². The maximum absolute atomic E-state index is 11.5. The molecule has 0 saturated carbocycles. The molecule has 0 spiro atoms. The molecule has 1 rings (SSSR count). The number of amides is 1. The smallest absolute Gasteiger partial charge is 0.223 e. The molecule has 1 saturated heterocycles. The van der Waals surface area contributed by atoms with E-state index in [9.17, 15) is 4.79 Å².